The fourth-order valence-electron chi connectivity index (χ4n) is 3.29. The van der Waals surface area contributed by atoms with Crippen molar-refractivity contribution in [1.82, 2.24) is 10.3 Å². The number of amides is 2. The summed E-state index contributed by atoms with van der Waals surface area (Å²) < 4.78 is 5.15. The molecule has 28 heavy (non-hydrogen) atoms. The number of carbonyl (C=O) groups excluding carboxylic acids is 2. The molecular formula is C21H21N3O3S. The van der Waals surface area contributed by atoms with Crippen molar-refractivity contribution in [1.29, 1.82) is 0 Å². The van der Waals surface area contributed by atoms with Gasteiger partial charge in [-0.1, -0.05) is 30.3 Å². The Morgan fingerprint density at radius 3 is 2.68 bits per heavy atom. The van der Waals surface area contributed by atoms with E-state index in [1.54, 1.807) is 12.1 Å². The van der Waals surface area contributed by atoms with Gasteiger partial charge in [0.25, 0.3) is 5.91 Å². The minimum atomic E-state index is -0.735. The molecule has 3 aromatic rings. The van der Waals surface area contributed by atoms with Crippen LogP contribution >= 0.6 is 11.3 Å². The molecule has 0 fully saturated rings. The van der Waals surface area contributed by atoms with Gasteiger partial charge < -0.3 is 15.1 Å². The second-order valence-corrected chi connectivity index (χ2v) is 7.86. The molecule has 1 unspecified atom stereocenters. The summed E-state index contributed by atoms with van der Waals surface area (Å²) in [7, 11) is 0. The van der Waals surface area contributed by atoms with Gasteiger partial charge >= 0.3 is 0 Å². The summed E-state index contributed by atoms with van der Waals surface area (Å²) >= 11 is 1.53. The second kappa shape index (κ2) is 8.39. The molecule has 0 saturated heterocycles. The first-order valence-electron chi connectivity index (χ1n) is 9.37. The number of hydrogen-bond donors (Lipinski definition) is 2. The Morgan fingerprint density at radius 1 is 1.11 bits per heavy atom. The highest BCUT2D eigenvalue weighted by atomic mass is 32.1. The van der Waals surface area contributed by atoms with Gasteiger partial charge in [0.2, 0.25) is 5.91 Å². The van der Waals surface area contributed by atoms with Crippen LogP contribution in [0.5, 0.6) is 0 Å². The highest BCUT2D eigenvalue weighted by Gasteiger charge is 2.25. The SMILES string of the molecule is O=C(NC(Cc1ccccc1)C(=O)Nc1nc2c(s1)CCCC2)c1ccco1. The van der Waals surface area contributed by atoms with Gasteiger partial charge in [-0.05, 0) is 43.4 Å². The zero-order valence-corrected chi connectivity index (χ0v) is 16.1. The standard InChI is InChI=1S/C21H21N3O3S/c25-19(24-21-23-15-9-4-5-11-18(15)28-21)16(13-14-7-2-1-3-8-14)22-20(26)17-10-6-12-27-17/h1-3,6-8,10,12,16H,4-5,9,11,13H2,(H,22,26)(H,23,24,25). The molecule has 7 heteroatoms. The fourth-order valence-corrected chi connectivity index (χ4v) is 4.35. The van der Waals surface area contributed by atoms with E-state index in [4.69, 9.17) is 4.42 Å². The maximum atomic E-state index is 12.9. The van der Waals surface area contributed by atoms with Crippen LogP contribution in [0.25, 0.3) is 0 Å². The highest BCUT2D eigenvalue weighted by Crippen LogP contribution is 2.29. The Morgan fingerprint density at radius 2 is 1.93 bits per heavy atom. The minimum Gasteiger partial charge on any atom is -0.459 e. The second-order valence-electron chi connectivity index (χ2n) is 6.78. The van der Waals surface area contributed by atoms with Crippen molar-refractivity contribution in [2.45, 2.75) is 38.1 Å². The Balaban J connectivity index is 1.50. The van der Waals surface area contributed by atoms with Gasteiger partial charge in [0.1, 0.15) is 6.04 Å². The number of benzene rings is 1. The predicted molar refractivity (Wildman–Crippen MR) is 107 cm³/mol. The van der Waals surface area contributed by atoms with Gasteiger partial charge in [-0.2, -0.15) is 0 Å². The lowest BCUT2D eigenvalue weighted by atomic mass is 10.0. The number of thiazole rings is 1. The smallest absolute Gasteiger partial charge is 0.287 e. The summed E-state index contributed by atoms with van der Waals surface area (Å²) in [5.41, 5.74) is 2.05. The number of anilines is 1. The van der Waals surface area contributed by atoms with Gasteiger partial charge in [0.15, 0.2) is 10.9 Å². The van der Waals surface area contributed by atoms with Gasteiger partial charge in [-0.25, -0.2) is 4.98 Å². The number of rotatable bonds is 6. The van der Waals surface area contributed by atoms with E-state index in [0.717, 1.165) is 30.5 Å². The Hall–Kier alpha value is -2.93. The molecule has 0 bridgehead atoms. The largest absolute Gasteiger partial charge is 0.459 e. The molecule has 0 spiro atoms. The topological polar surface area (TPSA) is 84.2 Å². The molecule has 0 aliphatic heterocycles. The minimum absolute atomic E-state index is 0.176. The lowest BCUT2D eigenvalue weighted by Crippen LogP contribution is -2.45. The number of carbonyl (C=O) groups is 2. The summed E-state index contributed by atoms with van der Waals surface area (Å²) in [5, 5.41) is 6.27. The van der Waals surface area contributed by atoms with Gasteiger partial charge in [-0.3, -0.25) is 9.59 Å². The zero-order valence-electron chi connectivity index (χ0n) is 15.3. The summed E-state index contributed by atoms with van der Waals surface area (Å²) in [6.45, 7) is 0. The Kier molecular flexibility index (Phi) is 5.53. The molecule has 1 atom stereocenters. The molecule has 4 rings (SSSR count). The molecular weight excluding hydrogens is 374 g/mol. The molecule has 2 N–H and O–H groups in total. The van der Waals surface area contributed by atoms with Crippen LogP contribution in [0.3, 0.4) is 0 Å². The van der Waals surface area contributed by atoms with Gasteiger partial charge in [-0.15, -0.1) is 11.3 Å². The molecule has 1 aromatic carbocycles. The number of nitrogens with one attached hydrogen (secondary N) is 2. The average Bonchev–Trinajstić information content (AvgIpc) is 3.37. The normalized spacial score (nSPS) is 14.1. The molecule has 1 aliphatic carbocycles. The predicted octanol–water partition coefficient (Wildman–Crippen LogP) is 3.59. The number of aromatic nitrogens is 1. The molecule has 0 radical (unpaired) electrons. The molecule has 0 saturated carbocycles. The van der Waals surface area contributed by atoms with Crippen molar-refractivity contribution in [2.24, 2.45) is 0 Å². The number of hydrogen-bond acceptors (Lipinski definition) is 5. The number of nitrogens with zero attached hydrogens (tertiary/aromatic N) is 1. The Bertz CT molecular complexity index is 927. The van der Waals surface area contributed by atoms with Crippen LogP contribution in [-0.4, -0.2) is 22.8 Å². The third kappa shape index (κ3) is 4.31. The summed E-state index contributed by atoms with van der Waals surface area (Å²) in [6, 6.07) is 12.1. The van der Waals surface area contributed by atoms with Crippen molar-refractivity contribution in [3.63, 3.8) is 0 Å². The molecule has 144 valence electrons. The van der Waals surface area contributed by atoms with E-state index in [9.17, 15) is 9.59 Å². The highest BCUT2D eigenvalue weighted by molar-refractivity contribution is 7.15. The number of aryl methyl sites for hydroxylation is 2. The van der Waals surface area contributed by atoms with Gasteiger partial charge in [0, 0.05) is 11.3 Å². The van der Waals surface area contributed by atoms with Crippen molar-refractivity contribution in [3.8, 4) is 0 Å². The van der Waals surface area contributed by atoms with Crippen molar-refractivity contribution in [3.05, 3.63) is 70.6 Å². The van der Waals surface area contributed by atoms with Crippen LogP contribution in [0.1, 0.15) is 39.5 Å². The van der Waals surface area contributed by atoms with E-state index < -0.39 is 11.9 Å². The van der Waals surface area contributed by atoms with Crippen LogP contribution in [0.2, 0.25) is 0 Å². The van der Waals surface area contributed by atoms with E-state index >= 15 is 0 Å². The first kappa shape index (κ1) is 18.4. The van der Waals surface area contributed by atoms with E-state index in [-0.39, 0.29) is 11.7 Å². The van der Waals surface area contributed by atoms with Crippen molar-refractivity contribution < 1.29 is 14.0 Å². The first-order valence-corrected chi connectivity index (χ1v) is 10.2. The van der Waals surface area contributed by atoms with Crippen LogP contribution < -0.4 is 10.6 Å². The number of furan rings is 1. The van der Waals surface area contributed by atoms with Crippen LogP contribution in [0.15, 0.2) is 53.1 Å². The molecule has 2 aromatic heterocycles. The quantitative estimate of drug-likeness (QED) is 0.668. The third-order valence-electron chi connectivity index (χ3n) is 4.73. The van der Waals surface area contributed by atoms with E-state index in [2.05, 4.69) is 15.6 Å². The molecule has 2 amide bonds. The maximum absolute atomic E-state index is 12.9. The summed E-state index contributed by atoms with van der Waals surface area (Å²) in [5.74, 6) is -0.523. The monoisotopic (exact) mass is 395 g/mol. The molecule has 1 aliphatic rings. The van der Waals surface area contributed by atoms with E-state index in [1.165, 1.54) is 28.9 Å². The summed E-state index contributed by atoms with van der Waals surface area (Å²) in [6.07, 6.45) is 6.10. The number of fused-ring (bicyclic) bond motifs is 1. The lowest BCUT2D eigenvalue weighted by molar-refractivity contribution is -0.118. The van der Waals surface area contributed by atoms with Crippen LogP contribution in [-0.2, 0) is 24.1 Å². The fraction of sp³-hybridized carbons (Fsp3) is 0.286. The first-order chi connectivity index (χ1) is 13.7. The van der Waals surface area contributed by atoms with E-state index in [0.29, 0.717) is 11.6 Å². The van der Waals surface area contributed by atoms with Crippen LogP contribution in [0, 0.1) is 0 Å². The van der Waals surface area contributed by atoms with Crippen molar-refractivity contribution >= 4 is 28.3 Å². The van der Waals surface area contributed by atoms with Gasteiger partial charge in [0.05, 0.1) is 12.0 Å². The average molecular weight is 395 g/mol. The third-order valence-corrected chi connectivity index (χ3v) is 5.80. The summed E-state index contributed by atoms with van der Waals surface area (Å²) in [4.78, 5) is 31.2. The maximum Gasteiger partial charge on any atom is 0.287 e. The molecule has 2 heterocycles. The van der Waals surface area contributed by atoms with Crippen LogP contribution in [0.4, 0.5) is 5.13 Å². The zero-order chi connectivity index (χ0) is 19.3. The van der Waals surface area contributed by atoms with Crippen molar-refractivity contribution in [2.75, 3.05) is 5.32 Å². The van der Waals surface area contributed by atoms with E-state index in [1.807, 2.05) is 30.3 Å². The molecule has 6 nitrogen and oxygen atoms in total. The lowest BCUT2D eigenvalue weighted by Gasteiger charge is -2.17. The Labute approximate surface area is 167 Å².